The fraction of sp³-hybridized carbons (Fsp3) is 0. The molecule has 5 heavy (non-hydrogen) atoms. The third kappa shape index (κ3) is 13.6. The van der Waals surface area contributed by atoms with Crippen LogP contribution in [-0.2, 0) is 0 Å². The molecule has 0 bridgehead atoms. The molecule has 0 radical (unpaired) electrons. The van der Waals surface area contributed by atoms with Gasteiger partial charge in [-0.1, -0.05) is 6.58 Å². The Kier molecular flexibility index (Phi) is 15.9. The molecule has 0 unspecified atom stereocenters. The zero-order valence-electron chi connectivity index (χ0n) is 2.73. The molecule has 0 aromatic carbocycles. The first-order chi connectivity index (χ1) is 1.91. The van der Waals surface area contributed by atoms with Crippen LogP contribution in [0.25, 0.3) is 0 Å². The van der Waals surface area contributed by atoms with E-state index in [1.54, 1.807) is 6.07 Å². The van der Waals surface area contributed by atoms with Crippen molar-refractivity contribution in [3.8, 4) is 6.07 Å². The maximum atomic E-state index is 7.51. The summed E-state index contributed by atoms with van der Waals surface area (Å²) in [6.07, 6.45) is 1.18. The van der Waals surface area contributed by atoms with Gasteiger partial charge in [0.15, 0.2) is 0 Å². The van der Waals surface area contributed by atoms with Gasteiger partial charge in [0.2, 0.25) is 0 Å². The maximum Gasteiger partial charge on any atom is 0.0905 e. The van der Waals surface area contributed by atoms with Gasteiger partial charge in [-0.05, 0) is 0 Å². The van der Waals surface area contributed by atoms with E-state index in [2.05, 4.69) is 6.58 Å². The zero-order chi connectivity index (χ0) is 3.41. The van der Waals surface area contributed by atoms with Crippen LogP contribution >= 0.6 is 0 Å². The van der Waals surface area contributed by atoms with Crippen molar-refractivity contribution in [1.82, 2.24) is 0 Å². The van der Waals surface area contributed by atoms with Gasteiger partial charge in [0.05, 0.1) is 6.07 Å². The second-order valence-electron chi connectivity index (χ2n) is 0.333. The molecule has 0 N–H and O–H groups in total. The molecule has 1 nitrogen and oxygen atoms in total. The summed E-state index contributed by atoms with van der Waals surface area (Å²) < 4.78 is 0. The average molecular weight is 291 g/mol. The molecule has 0 fully saturated rings. The Morgan fingerprint density at radius 1 is 1.80 bits per heavy atom. The van der Waals surface area contributed by atoms with Gasteiger partial charge in [0.25, 0.3) is 0 Å². The van der Waals surface area contributed by atoms with Crippen LogP contribution in [0.4, 0.5) is 0 Å². The molecule has 0 aliphatic carbocycles. The fourth-order valence-corrected chi connectivity index (χ4v) is 0. The van der Waals surface area contributed by atoms with Crippen LogP contribution in [-0.4, -0.2) is 0 Å². The monoisotopic (exact) mass is 291 g/mol. The first kappa shape index (κ1) is 8.99. The normalized spacial score (nSPS) is 3.00. The Hall–Kier alpha value is 0.282. The first-order valence-corrected chi connectivity index (χ1v) is 0.921. The van der Waals surface area contributed by atoms with E-state index in [4.69, 9.17) is 5.26 Å². The Bertz CT molecular complexity index is 52.4. The summed E-state index contributed by atoms with van der Waals surface area (Å²) in [6.45, 7) is 3.12. The topological polar surface area (TPSA) is 23.8 Å². The molecule has 0 amide bonds. The Labute approximate surface area is 55.1 Å². The smallest absolute Gasteiger partial charge is 0.0905 e. The summed E-state index contributed by atoms with van der Waals surface area (Å²) in [7, 11) is 0. The van der Waals surface area contributed by atoms with Crippen LogP contribution in [0.15, 0.2) is 12.7 Å². The van der Waals surface area contributed by atoms with E-state index >= 15 is 0 Å². The maximum absolute atomic E-state index is 7.51. The zero-order valence-corrected chi connectivity index (χ0v) is 6.90. The third-order valence-electron chi connectivity index (χ3n) is 0.0913. The van der Waals surface area contributed by atoms with Gasteiger partial charge < -0.3 is 0 Å². The Morgan fingerprint density at radius 2 is 2.00 bits per heavy atom. The molecule has 0 aliphatic heterocycles. The summed E-state index contributed by atoms with van der Waals surface area (Å²) in [5, 5.41) is 7.51. The number of nitriles is 1. The van der Waals surface area contributed by atoms with Crippen molar-refractivity contribution in [3.05, 3.63) is 12.7 Å². The molecule has 0 atom stereocenters. The van der Waals surface area contributed by atoms with Crippen molar-refractivity contribution in [3.63, 3.8) is 0 Å². The van der Waals surface area contributed by atoms with Gasteiger partial charge in [0.1, 0.15) is 0 Å². The molecule has 0 spiro atoms. The Balaban J connectivity index is 0. The second kappa shape index (κ2) is 8.86. The van der Waals surface area contributed by atoms with E-state index in [1.165, 1.54) is 6.08 Å². The van der Waals surface area contributed by atoms with Crippen LogP contribution < -0.4 is 0 Å². The largest absolute Gasteiger partial charge is 0.193 e. The van der Waals surface area contributed by atoms with E-state index < -0.39 is 0 Å². The number of hydrogen-bond donors (Lipinski definition) is 0. The van der Waals surface area contributed by atoms with Crippen molar-refractivity contribution in [2.75, 3.05) is 0 Å². The molecule has 0 saturated carbocycles. The summed E-state index contributed by atoms with van der Waals surface area (Å²) in [4.78, 5) is 0. The minimum absolute atomic E-state index is 0. The van der Waals surface area contributed by atoms with E-state index in [1.807, 2.05) is 0 Å². The summed E-state index contributed by atoms with van der Waals surface area (Å²) in [5.74, 6) is 0. The minimum atomic E-state index is 0. The van der Waals surface area contributed by atoms with Crippen LogP contribution in [0, 0.1) is 42.4 Å². The first-order valence-electron chi connectivity index (χ1n) is 0.921. The number of rotatable bonds is 0. The Morgan fingerprint density at radius 3 is 2.00 bits per heavy atom. The number of allylic oxidation sites excluding steroid dienone is 1. The molecule has 0 aromatic rings. The summed E-state index contributed by atoms with van der Waals surface area (Å²) in [5.41, 5.74) is 0. The fourth-order valence-electron chi connectivity index (χ4n) is 0. The van der Waals surface area contributed by atoms with Gasteiger partial charge in [-0.15, -0.1) is 0 Å². The number of hydrogen-bond acceptors (Lipinski definition) is 1. The third-order valence-corrected chi connectivity index (χ3v) is 0.0913. The van der Waals surface area contributed by atoms with Crippen LogP contribution in [0.5, 0.6) is 0 Å². The minimum Gasteiger partial charge on any atom is -0.193 e. The molecule has 0 aliphatic rings. The molecule has 0 aromatic heterocycles. The van der Waals surface area contributed by atoms with E-state index in [0.29, 0.717) is 0 Å². The molecule has 0 heterocycles. The molecular weight excluding hydrogens is 288 g/mol. The van der Waals surface area contributed by atoms with Crippen molar-refractivity contribution >= 4 is 0 Å². The van der Waals surface area contributed by atoms with Crippen molar-refractivity contribution in [2.24, 2.45) is 0 Å². The van der Waals surface area contributed by atoms with Gasteiger partial charge in [-0.3, -0.25) is 0 Å². The van der Waals surface area contributed by atoms with Crippen molar-refractivity contribution in [2.45, 2.75) is 0 Å². The molecule has 0 rings (SSSR count). The number of nitrogens with zero attached hydrogens (tertiary/aromatic N) is 1. The van der Waals surface area contributed by atoms with E-state index in [-0.39, 0.29) is 31.1 Å². The van der Waals surface area contributed by atoms with Gasteiger partial charge in [0, 0.05) is 37.2 Å². The standard InChI is InChI=1S/C3H3N.U/c1-2-3-4;/h2H,1H2;. The summed E-state index contributed by atoms with van der Waals surface area (Å²) >= 11 is 0. The molecule has 2 heteroatoms. The molecular formula is C3H3NU. The SMILES string of the molecule is C=CC#N.[U]. The van der Waals surface area contributed by atoms with Crippen molar-refractivity contribution < 1.29 is 31.1 Å². The van der Waals surface area contributed by atoms with Crippen LogP contribution in [0.2, 0.25) is 0 Å². The van der Waals surface area contributed by atoms with E-state index in [9.17, 15) is 0 Å². The van der Waals surface area contributed by atoms with Crippen LogP contribution in [0.3, 0.4) is 0 Å². The molecule has 0 saturated heterocycles. The van der Waals surface area contributed by atoms with Crippen molar-refractivity contribution in [1.29, 1.82) is 5.26 Å². The van der Waals surface area contributed by atoms with Gasteiger partial charge in [-0.25, -0.2) is 0 Å². The van der Waals surface area contributed by atoms with Gasteiger partial charge >= 0.3 is 0 Å². The average Bonchev–Trinajstić information content (AvgIpc) is 1.37. The van der Waals surface area contributed by atoms with E-state index in [0.717, 1.165) is 0 Å². The van der Waals surface area contributed by atoms with Crippen LogP contribution in [0.1, 0.15) is 0 Å². The quantitative estimate of drug-likeness (QED) is 0.603. The summed E-state index contributed by atoms with van der Waals surface area (Å²) in [6, 6.07) is 1.69. The second-order valence-corrected chi connectivity index (χ2v) is 0.333. The predicted octanol–water partition coefficient (Wildman–Crippen LogP) is 0.696. The predicted molar refractivity (Wildman–Crippen MR) is 15.8 cm³/mol. The molecule has 24 valence electrons. The van der Waals surface area contributed by atoms with Gasteiger partial charge in [-0.2, -0.15) is 5.26 Å².